The third kappa shape index (κ3) is 2.42. The molecular formula is C18H24N2O. The maximum atomic E-state index is 10.1. The maximum absolute atomic E-state index is 10.1. The van der Waals surface area contributed by atoms with Crippen LogP contribution in [-0.4, -0.2) is 24.6 Å². The molecule has 1 atom stereocenters. The van der Waals surface area contributed by atoms with Crippen LogP contribution < -0.4 is 4.74 Å². The Bertz CT molecular complexity index is 569. The summed E-state index contributed by atoms with van der Waals surface area (Å²) in [6, 6.07) is 7.01. The molecule has 0 saturated carbocycles. The molecule has 1 unspecified atom stereocenters. The van der Waals surface area contributed by atoms with E-state index in [1.54, 1.807) is 0 Å². The van der Waals surface area contributed by atoms with Crippen LogP contribution in [0.5, 0.6) is 5.75 Å². The molecule has 0 bridgehead atoms. The van der Waals surface area contributed by atoms with Gasteiger partial charge in [-0.05, 0) is 64.3 Å². The minimum atomic E-state index is -0.497. The topological polar surface area (TPSA) is 36.3 Å². The van der Waals surface area contributed by atoms with Gasteiger partial charge < -0.3 is 4.74 Å². The molecule has 1 aromatic rings. The summed E-state index contributed by atoms with van der Waals surface area (Å²) in [6.45, 7) is 6.97. The van der Waals surface area contributed by atoms with E-state index in [1.165, 1.54) is 24.8 Å². The van der Waals surface area contributed by atoms with Gasteiger partial charge in [-0.3, -0.25) is 4.90 Å². The first-order valence-electron chi connectivity index (χ1n) is 8.08. The first-order chi connectivity index (χ1) is 10.2. The summed E-state index contributed by atoms with van der Waals surface area (Å²) in [5.41, 5.74) is 2.97. The van der Waals surface area contributed by atoms with Gasteiger partial charge >= 0.3 is 0 Å². The smallest absolute Gasteiger partial charge is 0.138 e. The van der Waals surface area contributed by atoms with Gasteiger partial charge in [0.1, 0.15) is 11.3 Å². The van der Waals surface area contributed by atoms with Crippen molar-refractivity contribution in [3.05, 3.63) is 28.8 Å². The number of piperidine rings is 1. The highest BCUT2D eigenvalue weighted by molar-refractivity contribution is 5.51. The summed E-state index contributed by atoms with van der Waals surface area (Å²) >= 11 is 0. The molecule has 21 heavy (non-hydrogen) atoms. The molecule has 0 N–H and O–H groups in total. The summed E-state index contributed by atoms with van der Waals surface area (Å²) in [5, 5.41) is 10.1. The normalized spacial score (nSPS) is 26.3. The summed E-state index contributed by atoms with van der Waals surface area (Å²) in [5.74, 6) is 0.949. The van der Waals surface area contributed by atoms with Crippen LogP contribution in [-0.2, 0) is 5.54 Å². The second kappa shape index (κ2) is 5.69. The molecule has 2 aliphatic heterocycles. The first-order valence-corrected chi connectivity index (χ1v) is 8.08. The second-order valence-electron chi connectivity index (χ2n) is 6.43. The van der Waals surface area contributed by atoms with Gasteiger partial charge in [0.15, 0.2) is 0 Å². The molecule has 0 spiro atoms. The Kier molecular flexibility index (Phi) is 3.91. The minimum absolute atomic E-state index is 0.497. The van der Waals surface area contributed by atoms with Crippen LogP contribution in [0.4, 0.5) is 0 Å². The second-order valence-corrected chi connectivity index (χ2v) is 6.43. The fourth-order valence-corrected chi connectivity index (χ4v) is 3.88. The van der Waals surface area contributed by atoms with Gasteiger partial charge in [-0.1, -0.05) is 18.1 Å². The Morgan fingerprint density at radius 3 is 2.62 bits per heavy atom. The molecule has 3 heteroatoms. The van der Waals surface area contributed by atoms with Crippen LogP contribution in [0.25, 0.3) is 0 Å². The molecule has 3 rings (SSSR count). The van der Waals surface area contributed by atoms with Gasteiger partial charge in [0.25, 0.3) is 0 Å². The number of hydrogen-bond donors (Lipinski definition) is 0. The maximum Gasteiger partial charge on any atom is 0.138 e. The standard InChI is InChI=1S/C18H24N2O/c1-14-11-15(2)17-16(12-14)18(13-19,7-6-10-21-17)20-8-4-3-5-9-20/h11-12H,3-10H2,1-2H3. The predicted octanol–water partition coefficient (Wildman–Crippen LogP) is 3.68. The molecule has 1 fully saturated rings. The number of rotatable bonds is 1. The molecule has 0 radical (unpaired) electrons. The minimum Gasteiger partial charge on any atom is -0.493 e. The van der Waals surface area contributed by atoms with E-state index in [0.29, 0.717) is 6.61 Å². The molecule has 2 aliphatic rings. The van der Waals surface area contributed by atoms with Crippen LogP contribution >= 0.6 is 0 Å². The van der Waals surface area contributed by atoms with Gasteiger partial charge in [0, 0.05) is 5.56 Å². The number of benzene rings is 1. The van der Waals surface area contributed by atoms with Crippen molar-refractivity contribution in [1.29, 1.82) is 5.26 Å². The lowest BCUT2D eigenvalue weighted by atomic mass is 9.82. The van der Waals surface area contributed by atoms with E-state index in [4.69, 9.17) is 4.74 Å². The number of nitrogens with zero attached hydrogens (tertiary/aromatic N) is 2. The lowest BCUT2D eigenvalue weighted by Crippen LogP contribution is -2.47. The number of aryl methyl sites for hydroxylation is 2. The summed E-state index contributed by atoms with van der Waals surface area (Å²) in [6.07, 6.45) is 5.50. The van der Waals surface area contributed by atoms with Crippen molar-refractivity contribution in [3.63, 3.8) is 0 Å². The number of nitriles is 1. The Morgan fingerprint density at radius 1 is 1.14 bits per heavy atom. The average Bonchev–Trinajstić information content (AvgIpc) is 2.68. The van der Waals surface area contributed by atoms with Crippen LogP contribution in [0, 0.1) is 25.2 Å². The SMILES string of the molecule is Cc1cc(C)c2c(c1)C(C#N)(N1CCCCC1)CCCO2. The molecule has 1 aromatic carbocycles. The number of ether oxygens (including phenoxy) is 1. The summed E-state index contributed by atoms with van der Waals surface area (Å²) in [7, 11) is 0. The Labute approximate surface area is 127 Å². The number of hydrogen-bond acceptors (Lipinski definition) is 3. The highest BCUT2D eigenvalue weighted by Gasteiger charge is 2.42. The number of fused-ring (bicyclic) bond motifs is 1. The molecule has 112 valence electrons. The Balaban J connectivity index is 2.15. The van der Waals surface area contributed by atoms with Crippen molar-refractivity contribution < 1.29 is 4.74 Å². The molecule has 0 aromatic heterocycles. The van der Waals surface area contributed by atoms with Crippen molar-refractivity contribution >= 4 is 0 Å². The Morgan fingerprint density at radius 2 is 1.90 bits per heavy atom. The van der Waals surface area contributed by atoms with Crippen molar-refractivity contribution in [3.8, 4) is 11.8 Å². The fourth-order valence-electron chi connectivity index (χ4n) is 3.88. The summed E-state index contributed by atoms with van der Waals surface area (Å²) < 4.78 is 6.00. The summed E-state index contributed by atoms with van der Waals surface area (Å²) in [4.78, 5) is 2.41. The molecule has 0 aliphatic carbocycles. The molecule has 3 nitrogen and oxygen atoms in total. The van der Waals surface area contributed by atoms with E-state index in [0.717, 1.165) is 42.8 Å². The third-order valence-corrected chi connectivity index (χ3v) is 4.87. The lowest BCUT2D eigenvalue weighted by Gasteiger charge is -2.41. The zero-order valence-corrected chi connectivity index (χ0v) is 13.1. The van der Waals surface area contributed by atoms with Gasteiger partial charge in [0.05, 0.1) is 12.7 Å². The lowest BCUT2D eigenvalue weighted by molar-refractivity contribution is 0.101. The predicted molar refractivity (Wildman–Crippen MR) is 83.4 cm³/mol. The van der Waals surface area contributed by atoms with E-state index in [1.807, 2.05) is 0 Å². The third-order valence-electron chi connectivity index (χ3n) is 4.87. The molecule has 1 saturated heterocycles. The van der Waals surface area contributed by atoms with Gasteiger partial charge in [-0.15, -0.1) is 0 Å². The molecule has 2 heterocycles. The van der Waals surface area contributed by atoms with Crippen LogP contribution in [0.2, 0.25) is 0 Å². The first kappa shape index (κ1) is 14.4. The molecule has 0 amide bonds. The highest BCUT2D eigenvalue weighted by atomic mass is 16.5. The number of likely N-dealkylation sites (tertiary alicyclic amines) is 1. The quantitative estimate of drug-likeness (QED) is 0.789. The fraction of sp³-hybridized carbons (Fsp3) is 0.611. The van der Waals surface area contributed by atoms with E-state index in [2.05, 4.69) is 36.9 Å². The average molecular weight is 284 g/mol. The zero-order valence-electron chi connectivity index (χ0n) is 13.1. The van der Waals surface area contributed by atoms with Crippen LogP contribution in [0.1, 0.15) is 48.8 Å². The van der Waals surface area contributed by atoms with Crippen molar-refractivity contribution in [1.82, 2.24) is 4.90 Å². The Hall–Kier alpha value is -1.53. The monoisotopic (exact) mass is 284 g/mol. The van der Waals surface area contributed by atoms with E-state index in [-0.39, 0.29) is 0 Å². The van der Waals surface area contributed by atoms with Crippen LogP contribution in [0.15, 0.2) is 12.1 Å². The van der Waals surface area contributed by atoms with Gasteiger partial charge in [-0.25, -0.2) is 0 Å². The van der Waals surface area contributed by atoms with Crippen LogP contribution in [0.3, 0.4) is 0 Å². The van der Waals surface area contributed by atoms with Crippen molar-refractivity contribution in [2.45, 2.75) is 51.5 Å². The van der Waals surface area contributed by atoms with Crippen molar-refractivity contribution in [2.24, 2.45) is 0 Å². The van der Waals surface area contributed by atoms with E-state index < -0.39 is 5.54 Å². The molecular weight excluding hydrogens is 260 g/mol. The highest BCUT2D eigenvalue weighted by Crippen LogP contribution is 2.43. The van der Waals surface area contributed by atoms with E-state index >= 15 is 0 Å². The van der Waals surface area contributed by atoms with Gasteiger partial charge in [0.2, 0.25) is 0 Å². The zero-order chi connectivity index (χ0) is 14.9. The van der Waals surface area contributed by atoms with E-state index in [9.17, 15) is 5.26 Å². The largest absolute Gasteiger partial charge is 0.493 e. The van der Waals surface area contributed by atoms with Crippen molar-refractivity contribution in [2.75, 3.05) is 19.7 Å². The van der Waals surface area contributed by atoms with Gasteiger partial charge in [-0.2, -0.15) is 5.26 Å².